The average molecular weight is 198 g/mol. The molecule has 0 bridgehead atoms. The van der Waals surface area contributed by atoms with E-state index >= 15 is 0 Å². The van der Waals surface area contributed by atoms with E-state index in [0.717, 1.165) is 6.42 Å². The van der Waals surface area contributed by atoms with Crippen LogP contribution in [0.25, 0.3) is 0 Å². The highest BCUT2D eigenvalue weighted by Crippen LogP contribution is 2.23. The first-order valence-electron chi connectivity index (χ1n) is 4.57. The first kappa shape index (κ1) is 10.6. The van der Waals surface area contributed by atoms with Crippen molar-refractivity contribution in [1.82, 2.24) is 0 Å². The lowest BCUT2D eigenvalue weighted by atomic mass is 9.94. The molecule has 0 N–H and O–H groups in total. The molecule has 1 rings (SSSR count). The van der Waals surface area contributed by atoms with Gasteiger partial charge in [-0.05, 0) is 24.3 Å². The molecule has 0 amide bonds. The SMILES string of the molecule is [O]CCC(CCCl)c1ccccc1. The standard InChI is InChI=1S/C11H14ClO/c12-8-6-11(7-9-13)10-4-2-1-3-5-10/h1-5,11H,6-9H2. The third-order valence-corrected chi connectivity index (χ3v) is 2.41. The molecule has 0 aliphatic rings. The number of benzene rings is 1. The van der Waals surface area contributed by atoms with E-state index in [0.29, 0.717) is 18.2 Å². The minimum atomic E-state index is -0.0174. The normalized spacial score (nSPS) is 12.8. The van der Waals surface area contributed by atoms with Crippen molar-refractivity contribution in [3.05, 3.63) is 35.9 Å². The summed E-state index contributed by atoms with van der Waals surface area (Å²) >= 11 is 5.68. The van der Waals surface area contributed by atoms with Crippen LogP contribution in [-0.2, 0) is 5.11 Å². The molecule has 1 aromatic carbocycles. The number of hydrogen-bond donors (Lipinski definition) is 0. The third-order valence-electron chi connectivity index (χ3n) is 2.19. The van der Waals surface area contributed by atoms with Crippen molar-refractivity contribution in [2.24, 2.45) is 0 Å². The summed E-state index contributed by atoms with van der Waals surface area (Å²) in [5.74, 6) is 0.968. The predicted octanol–water partition coefficient (Wildman–Crippen LogP) is 3.22. The lowest BCUT2D eigenvalue weighted by Gasteiger charge is -2.13. The van der Waals surface area contributed by atoms with Crippen LogP contribution >= 0.6 is 11.6 Å². The Morgan fingerprint density at radius 1 is 1.15 bits per heavy atom. The van der Waals surface area contributed by atoms with Gasteiger partial charge < -0.3 is 0 Å². The topological polar surface area (TPSA) is 19.9 Å². The van der Waals surface area contributed by atoms with Crippen LogP contribution in [-0.4, -0.2) is 12.5 Å². The molecular formula is C11H14ClO. The maximum absolute atomic E-state index is 10.5. The van der Waals surface area contributed by atoms with Crippen LogP contribution in [0, 0.1) is 0 Å². The molecule has 0 heterocycles. The van der Waals surface area contributed by atoms with Gasteiger partial charge in [0, 0.05) is 5.88 Å². The first-order chi connectivity index (χ1) is 6.38. The van der Waals surface area contributed by atoms with Gasteiger partial charge in [0.25, 0.3) is 0 Å². The fraction of sp³-hybridized carbons (Fsp3) is 0.455. The molecule has 1 atom stereocenters. The van der Waals surface area contributed by atoms with Crippen LogP contribution in [0.5, 0.6) is 0 Å². The highest BCUT2D eigenvalue weighted by atomic mass is 35.5. The van der Waals surface area contributed by atoms with E-state index in [4.69, 9.17) is 11.6 Å². The smallest absolute Gasteiger partial charge is 0.0828 e. The summed E-state index contributed by atoms with van der Waals surface area (Å²) in [6.45, 7) is -0.0174. The highest BCUT2D eigenvalue weighted by Gasteiger charge is 2.09. The van der Waals surface area contributed by atoms with Crippen LogP contribution in [0.3, 0.4) is 0 Å². The molecule has 1 unspecified atom stereocenters. The van der Waals surface area contributed by atoms with Crippen molar-refractivity contribution >= 4 is 11.6 Å². The summed E-state index contributed by atoms with van der Waals surface area (Å²) in [4.78, 5) is 0. The Labute approximate surface area is 84.4 Å². The van der Waals surface area contributed by atoms with E-state index in [1.54, 1.807) is 0 Å². The van der Waals surface area contributed by atoms with E-state index in [-0.39, 0.29) is 6.61 Å². The average Bonchev–Trinajstić information content (AvgIpc) is 2.19. The quantitative estimate of drug-likeness (QED) is 0.646. The summed E-state index contributed by atoms with van der Waals surface area (Å²) in [6, 6.07) is 10.1. The summed E-state index contributed by atoms with van der Waals surface area (Å²) in [6.07, 6.45) is 1.59. The summed E-state index contributed by atoms with van der Waals surface area (Å²) < 4.78 is 0. The number of hydrogen-bond acceptors (Lipinski definition) is 0. The summed E-state index contributed by atoms with van der Waals surface area (Å²) in [5.41, 5.74) is 1.24. The zero-order valence-electron chi connectivity index (χ0n) is 7.58. The molecule has 0 fully saturated rings. The van der Waals surface area contributed by atoms with Crippen LogP contribution in [0.1, 0.15) is 24.3 Å². The van der Waals surface area contributed by atoms with Crippen molar-refractivity contribution in [1.29, 1.82) is 0 Å². The van der Waals surface area contributed by atoms with Gasteiger partial charge in [-0.1, -0.05) is 30.3 Å². The van der Waals surface area contributed by atoms with Gasteiger partial charge in [0.05, 0.1) is 6.61 Å². The van der Waals surface area contributed by atoms with E-state index < -0.39 is 0 Å². The van der Waals surface area contributed by atoms with Gasteiger partial charge in [-0.25, -0.2) is 5.11 Å². The van der Waals surface area contributed by atoms with Crippen molar-refractivity contribution in [2.45, 2.75) is 18.8 Å². The molecule has 0 aromatic heterocycles. The maximum atomic E-state index is 10.5. The molecule has 71 valence electrons. The summed E-state index contributed by atoms with van der Waals surface area (Å²) in [7, 11) is 0. The molecule has 1 nitrogen and oxygen atoms in total. The molecule has 1 aromatic rings. The third kappa shape index (κ3) is 3.37. The molecule has 0 aliphatic heterocycles. The second-order valence-electron chi connectivity index (χ2n) is 3.08. The fourth-order valence-corrected chi connectivity index (χ4v) is 1.74. The van der Waals surface area contributed by atoms with Crippen LogP contribution < -0.4 is 0 Å². The van der Waals surface area contributed by atoms with Crippen molar-refractivity contribution < 1.29 is 5.11 Å². The van der Waals surface area contributed by atoms with E-state index in [2.05, 4.69) is 12.1 Å². The minimum absolute atomic E-state index is 0.0174. The highest BCUT2D eigenvalue weighted by molar-refractivity contribution is 6.17. The predicted molar refractivity (Wildman–Crippen MR) is 54.7 cm³/mol. The molecule has 13 heavy (non-hydrogen) atoms. The van der Waals surface area contributed by atoms with E-state index in [9.17, 15) is 5.11 Å². The molecule has 0 spiro atoms. The summed E-state index contributed by atoms with van der Waals surface area (Å²) in [5, 5.41) is 10.5. The Balaban J connectivity index is 2.64. The largest absolute Gasteiger partial charge is 0.237 e. The van der Waals surface area contributed by atoms with Gasteiger partial charge in [0.2, 0.25) is 0 Å². The lowest BCUT2D eigenvalue weighted by molar-refractivity contribution is 0.180. The van der Waals surface area contributed by atoms with Gasteiger partial charge in [0.15, 0.2) is 0 Å². The number of rotatable bonds is 5. The zero-order chi connectivity index (χ0) is 9.52. The molecule has 1 radical (unpaired) electrons. The minimum Gasteiger partial charge on any atom is -0.237 e. The Kier molecular flexibility index (Phi) is 4.87. The van der Waals surface area contributed by atoms with Crippen LogP contribution in [0.15, 0.2) is 30.3 Å². The fourth-order valence-electron chi connectivity index (χ4n) is 1.48. The maximum Gasteiger partial charge on any atom is 0.0828 e. The lowest BCUT2D eigenvalue weighted by Crippen LogP contribution is -2.01. The second kappa shape index (κ2) is 6.01. The molecule has 2 heteroatoms. The number of alkyl halides is 1. The van der Waals surface area contributed by atoms with Crippen molar-refractivity contribution in [3.8, 4) is 0 Å². The van der Waals surface area contributed by atoms with E-state index in [1.165, 1.54) is 5.56 Å². The Bertz CT molecular complexity index is 217. The van der Waals surface area contributed by atoms with Crippen molar-refractivity contribution in [2.75, 3.05) is 12.5 Å². The van der Waals surface area contributed by atoms with Gasteiger partial charge in [0.1, 0.15) is 0 Å². The van der Waals surface area contributed by atoms with Crippen LogP contribution in [0.2, 0.25) is 0 Å². The zero-order valence-corrected chi connectivity index (χ0v) is 8.33. The van der Waals surface area contributed by atoms with Crippen LogP contribution in [0.4, 0.5) is 0 Å². The second-order valence-corrected chi connectivity index (χ2v) is 3.46. The Morgan fingerprint density at radius 3 is 2.38 bits per heavy atom. The van der Waals surface area contributed by atoms with Crippen molar-refractivity contribution in [3.63, 3.8) is 0 Å². The number of halogens is 1. The van der Waals surface area contributed by atoms with E-state index in [1.807, 2.05) is 18.2 Å². The molecule has 0 saturated carbocycles. The Hall–Kier alpha value is -0.530. The monoisotopic (exact) mass is 197 g/mol. The van der Waals surface area contributed by atoms with Gasteiger partial charge in [-0.2, -0.15) is 0 Å². The molecular weight excluding hydrogens is 184 g/mol. The van der Waals surface area contributed by atoms with Gasteiger partial charge >= 0.3 is 0 Å². The Morgan fingerprint density at radius 2 is 1.85 bits per heavy atom. The van der Waals surface area contributed by atoms with Gasteiger partial charge in [-0.3, -0.25) is 0 Å². The molecule has 0 saturated heterocycles. The molecule has 0 aliphatic carbocycles. The van der Waals surface area contributed by atoms with Gasteiger partial charge in [-0.15, -0.1) is 11.6 Å². The first-order valence-corrected chi connectivity index (χ1v) is 5.11.